The van der Waals surface area contributed by atoms with Gasteiger partial charge in [0.1, 0.15) is 6.04 Å². The molecule has 300 valence electrons. The van der Waals surface area contributed by atoms with Crippen molar-refractivity contribution in [1.29, 1.82) is 0 Å². The first kappa shape index (κ1) is 39.8. The van der Waals surface area contributed by atoms with E-state index < -0.39 is 35.6 Å². The Morgan fingerprint density at radius 1 is 0.881 bits per heavy atom. The van der Waals surface area contributed by atoms with Crippen molar-refractivity contribution >= 4 is 69.3 Å². The first-order valence-electron chi connectivity index (χ1n) is 18.8. The molecule has 59 heavy (non-hydrogen) atoms. The Balaban J connectivity index is 0.861. The number of aromatic nitrogens is 1. The lowest BCUT2D eigenvalue weighted by Crippen LogP contribution is -2.54. The summed E-state index contributed by atoms with van der Waals surface area (Å²) in [4.78, 5) is 95.3. The SMILES string of the molecule is CN(CC(=O)NCCOCCNC(=O)c1ccc(-c2ccc3ncc(C(N)=O)c(Nc4ccccc4)c3c2)cc1)c1cccc2c1C(=O)N(C1CCC(=O)NC1=O)C2=O. The minimum Gasteiger partial charge on any atom is -0.378 e. The van der Waals surface area contributed by atoms with Crippen molar-refractivity contribution in [3.05, 3.63) is 119 Å². The second kappa shape index (κ2) is 17.4. The molecule has 16 heteroatoms. The number of piperidine rings is 1. The molecule has 6 N–H and O–H groups in total. The number of rotatable bonds is 15. The van der Waals surface area contributed by atoms with E-state index in [9.17, 15) is 33.6 Å². The Morgan fingerprint density at radius 2 is 1.61 bits per heavy atom. The third kappa shape index (κ3) is 8.62. The van der Waals surface area contributed by atoms with Crippen molar-refractivity contribution < 1.29 is 38.3 Å². The fraction of sp³-hybridized carbons (Fsp3) is 0.209. The maximum Gasteiger partial charge on any atom is 0.264 e. The Labute approximate surface area is 338 Å². The second-order valence-electron chi connectivity index (χ2n) is 13.9. The number of imide groups is 2. The number of amides is 7. The van der Waals surface area contributed by atoms with Crippen molar-refractivity contribution in [2.75, 3.05) is 50.1 Å². The number of fused-ring (bicyclic) bond motifs is 2. The number of ether oxygens (including phenoxy) is 1. The summed E-state index contributed by atoms with van der Waals surface area (Å²) in [5.41, 5.74) is 10.7. The van der Waals surface area contributed by atoms with Gasteiger partial charge in [0.2, 0.25) is 17.7 Å². The van der Waals surface area contributed by atoms with E-state index >= 15 is 0 Å². The number of primary amides is 1. The Kier molecular flexibility index (Phi) is 11.7. The summed E-state index contributed by atoms with van der Waals surface area (Å²) in [6, 6.07) is 25.8. The van der Waals surface area contributed by atoms with E-state index in [1.54, 1.807) is 31.3 Å². The number of benzene rings is 4. The van der Waals surface area contributed by atoms with E-state index in [1.165, 1.54) is 17.2 Å². The van der Waals surface area contributed by atoms with Crippen LogP contribution in [0.2, 0.25) is 0 Å². The predicted molar refractivity (Wildman–Crippen MR) is 218 cm³/mol. The van der Waals surface area contributed by atoms with E-state index in [-0.39, 0.29) is 74.2 Å². The molecule has 3 heterocycles. The Bertz CT molecular complexity index is 2490. The number of anilines is 3. The van der Waals surface area contributed by atoms with Crippen LogP contribution >= 0.6 is 0 Å². The Hall–Kier alpha value is -7.46. The molecule has 0 spiro atoms. The molecule has 1 atom stereocenters. The van der Waals surface area contributed by atoms with Crippen LogP contribution in [0.3, 0.4) is 0 Å². The zero-order chi connectivity index (χ0) is 41.6. The van der Waals surface area contributed by atoms with E-state index in [0.717, 1.165) is 21.7 Å². The van der Waals surface area contributed by atoms with Crippen LogP contribution in [0.5, 0.6) is 0 Å². The van der Waals surface area contributed by atoms with Gasteiger partial charge >= 0.3 is 0 Å². The Morgan fingerprint density at radius 3 is 2.34 bits per heavy atom. The first-order valence-corrected chi connectivity index (χ1v) is 18.8. The van der Waals surface area contributed by atoms with Gasteiger partial charge in [-0.3, -0.25) is 48.8 Å². The van der Waals surface area contributed by atoms with Gasteiger partial charge in [0.25, 0.3) is 23.6 Å². The lowest BCUT2D eigenvalue weighted by Gasteiger charge is -2.28. The summed E-state index contributed by atoms with van der Waals surface area (Å²) < 4.78 is 5.59. The summed E-state index contributed by atoms with van der Waals surface area (Å²) in [6.07, 6.45) is 1.51. The second-order valence-corrected chi connectivity index (χ2v) is 13.9. The van der Waals surface area contributed by atoms with Crippen LogP contribution in [0, 0.1) is 0 Å². The van der Waals surface area contributed by atoms with Crippen molar-refractivity contribution in [3.8, 4) is 11.1 Å². The molecular formula is C43H40N8O8. The maximum atomic E-state index is 13.4. The molecule has 0 bridgehead atoms. The topological polar surface area (TPSA) is 222 Å². The van der Waals surface area contributed by atoms with Crippen molar-refractivity contribution in [3.63, 3.8) is 0 Å². The molecule has 0 radical (unpaired) electrons. The lowest BCUT2D eigenvalue weighted by atomic mass is 10.00. The van der Waals surface area contributed by atoms with Crippen LogP contribution in [0.1, 0.15) is 54.3 Å². The van der Waals surface area contributed by atoms with Crippen LogP contribution in [0.25, 0.3) is 22.0 Å². The molecule has 4 aromatic carbocycles. The number of nitrogens with two attached hydrogens (primary N) is 1. The molecule has 1 unspecified atom stereocenters. The van der Waals surface area contributed by atoms with Crippen LogP contribution < -0.4 is 31.9 Å². The number of hydrogen-bond donors (Lipinski definition) is 5. The largest absolute Gasteiger partial charge is 0.378 e. The smallest absolute Gasteiger partial charge is 0.264 e. The lowest BCUT2D eigenvalue weighted by molar-refractivity contribution is -0.136. The average molecular weight is 797 g/mol. The fourth-order valence-electron chi connectivity index (χ4n) is 7.05. The zero-order valence-electron chi connectivity index (χ0n) is 31.9. The number of pyridine rings is 1. The third-order valence-corrected chi connectivity index (χ3v) is 10.00. The summed E-state index contributed by atoms with van der Waals surface area (Å²) in [6.45, 7) is 0.670. The number of hydrogen-bond acceptors (Lipinski definition) is 11. The number of nitrogens with one attached hydrogen (secondary N) is 4. The summed E-state index contributed by atoms with van der Waals surface area (Å²) in [5.74, 6) is -3.70. The molecule has 16 nitrogen and oxygen atoms in total. The van der Waals surface area contributed by atoms with Gasteiger partial charge in [-0.15, -0.1) is 0 Å². The monoisotopic (exact) mass is 796 g/mol. The van der Waals surface area contributed by atoms with E-state index in [0.29, 0.717) is 27.8 Å². The molecule has 7 rings (SSSR count). The molecular weight excluding hydrogens is 757 g/mol. The standard InChI is InChI=1S/C43H40N8O8/c1-50(33-9-5-8-29-37(33)43(58)51(42(29)57)34-16-17-35(52)49-41(34)56)24-36(53)45-18-20-59-21-19-46-40(55)26-12-10-25(11-13-26)27-14-15-32-30(22-27)38(31(23-47-32)39(44)54)48-28-6-3-2-4-7-28/h2-15,22-23,34H,16-21,24H2,1H3,(H2,44,54)(H,45,53)(H,46,55)(H,47,48)(H,49,52,56). The summed E-state index contributed by atoms with van der Waals surface area (Å²) in [7, 11) is 1.61. The number of carbonyl (C=O) groups excluding carboxylic acids is 7. The quantitative estimate of drug-likeness (QED) is 0.0765. The molecule has 0 aliphatic carbocycles. The van der Waals surface area contributed by atoms with E-state index in [1.807, 2.05) is 60.7 Å². The molecule has 1 fully saturated rings. The highest BCUT2D eigenvalue weighted by Gasteiger charge is 2.46. The summed E-state index contributed by atoms with van der Waals surface area (Å²) in [5, 5.41) is 11.8. The highest BCUT2D eigenvalue weighted by molar-refractivity contribution is 6.25. The third-order valence-electron chi connectivity index (χ3n) is 10.00. The van der Waals surface area contributed by atoms with Gasteiger partial charge in [-0.1, -0.05) is 42.5 Å². The maximum absolute atomic E-state index is 13.4. The van der Waals surface area contributed by atoms with Gasteiger partial charge in [0.05, 0.1) is 53.3 Å². The predicted octanol–water partition coefficient (Wildman–Crippen LogP) is 3.14. The molecule has 1 aromatic heterocycles. The van der Waals surface area contributed by atoms with Crippen molar-refractivity contribution in [1.82, 2.24) is 25.8 Å². The fourth-order valence-corrected chi connectivity index (χ4v) is 7.05. The molecule has 2 aliphatic rings. The van der Waals surface area contributed by atoms with Crippen molar-refractivity contribution in [2.24, 2.45) is 5.73 Å². The van der Waals surface area contributed by atoms with Gasteiger partial charge in [-0.25, -0.2) is 0 Å². The first-order chi connectivity index (χ1) is 28.5. The van der Waals surface area contributed by atoms with E-state index in [2.05, 4.69) is 26.3 Å². The van der Waals surface area contributed by atoms with Crippen LogP contribution in [-0.2, 0) is 19.1 Å². The molecule has 0 saturated carbocycles. The minimum atomic E-state index is -1.09. The molecule has 2 aliphatic heterocycles. The average Bonchev–Trinajstić information content (AvgIpc) is 3.49. The normalized spacial score (nSPS) is 14.8. The highest BCUT2D eigenvalue weighted by Crippen LogP contribution is 2.35. The van der Waals surface area contributed by atoms with Gasteiger partial charge in [0.15, 0.2) is 0 Å². The van der Waals surface area contributed by atoms with Crippen LogP contribution in [-0.4, -0.2) is 97.2 Å². The molecule has 1 saturated heterocycles. The number of likely N-dealkylation sites (N-methyl/N-ethyl adjacent to an activating group) is 1. The minimum absolute atomic E-state index is 0.0106. The van der Waals surface area contributed by atoms with Crippen molar-refractivity contribution in [2.45, 2.75) is 18.9 Å². The molecule has 7 amide bonds. The zero-order valence-corrected chi connectivity index (χ0v) is 31.9. The van der Waals surface area contributed by atoms with Crippen LogP contribution in [0.15, 0.2) is 97.2 Å². The highest BCUT2D eigenvalue weighted by atomic mass is 16.5. The summed E-state index contributed by atoms with van der Waals surface area (Å²) >= 11 is 0. The number of para-hydroxylation sites is 1. The number of carbonyl (C=O) groups is 7. The van der Waals surface area contributed by atoms with Gasteiger partial charge in [-0.2, -0.15) is 0 Å². The van der Waals surface area contributed by atoms with E-state index in [4.69, 9.17) is 10.5 Å². The number of nitrogens with zero attached hydrogens (tertiary/aromatic N) is 3. The van der Waals surface area contributed by atoms with Gasteiger partial charge in [-0.05, 0) is 66.1 Å². The molecule has 5 aromatic rings. The van der Waals surface area contributed by atoms with Gasteiger partial charge < -0.3 is 31.3 Å². The van der Waals surface area contributed by atoms with Gasteiger partial charge in [0, 0.05) is 49.4 Å². The van der Waals surface area contributed by atoms with Crippen LogP contribution in [0.4, 0.5) is 17.1 Å².